The molecule has 1 aromatic carbocycles. The van der Waals surface area contributed by atoms with Gasteiger partial charge in [0.25, 0.3) is 0 Å². The Morgan fingerprint density at radius 2 is 1.90 bits per heavy atom. The fourth-order valence-electron chi connectivity index (χ4n) is 3.30. The lowest BCUT2D eigenvalue weighted by atomic mass is 9.89. The third-order valence-corrected chi connectivity index (χ3v) is 4.19. The van der Waals surface area contributed by atoms with Gasteiger partial charge < -0.3 is 9.64 Å². The molecule has 3 rings (SSSR count). The van der Waals surface area contributed by atoms with Crippen molar-refractivity contribution in [3.63, 3.8) is 0 Å². The smallest absolute Gasteiger partial charge is 0.150 e. The third kappa shape index (κ3) is 2.30. The maximum atomic E-state index is 14.2. The number of halogens is 2. The van der Waals surface area contributed by atoms with Gasteiger partial charge in [0.15, 0.2) is 0 Å². The molecule has 0 bridgehead atoms. The highest BCUT2D eigenvalue weighted by Crippen LogP contribution is 2.34. The second-order valence-corrected chi connectivity index (χ2v) is 5.41. The van der Waals surface area contributed by atoms with Gasteiger partial charge in [0, 0.05) is 12.1 Å². The highest BCUT2D eigenvalue weighted by atomic mass is 19.1. The van der Waals surface area contributed by atoms with Gasteiger partial charge >= 0.3 is 0 Å². The maximum Gasteiger partial charge on any atom is 0.150 e. The molecule has 3 nitrogen and oxygen atoms in total. The Hall–Kier alpha value is -1.49. The van der Waals surface area contributed by atoms with Crippen LogP contribution in [0, 0.1) is 11.6 Å². The topological polar surface area (TPSA) is 29.5 Å². The number of ether oxygens (including phenoxy) is 1. The first-order valence-electron chi connectivity index (χ1n) is 7.03. The van der Waals surface area contributed by atoms with Gasteiger partial charge in [0.1, 0.15) is 23.6 Å². The summed E-state index contributed by atoms with van der Waals surface area (Å²) in [5.41, 5.74) is 0.00741. The van der Waals surface area contributed by atoms with Crippen LogP contribution in [0.3, 0.4) is 0 Å². The van der Waals surface area contributed by atoms with Crippen LogP contribution in [0.5, 0.6) is 0 Å². The van der Waals surface area contributed by atoms with E-state index < -0.39 is 11.6 Å². The first kappa shape index (κ1) is 13.5. The summed E-state index contributed by atoms with van der Waals surface area (Å²) in [5.74, 6) is -1.34. The maximum absolute atomic E-state index is 14.2. The van der Waals surface area contributed by atoms with Gasteiger partial charge in [-0.15, -0.1) is 0 Å². The standard InChI is InChI=1S/C15H17F2NO2/c16-11-7-10(9-19)8-12(17)15(11)18-5-6-20-14-4-2-1-3-13(14)18/h7-9,13-14H,1-6H2. The quantitative estimate of drug-likeness (QED) is 0.781. The summed E-state index contributed by atoms with van der Waals surface area (Å²) >= 11 is 0. The lowest BCUT2D eigenvalue weighted by molar-refractivity contribution is -0.00916. The molecule has 1 heterocycles. The van der Waals surface area contributed by atoms with E-state index in [-0.39, 0.29) is 23.4 Å². The minimum absolute atomic E-state index is 0.0178. The third-order valence-electron chi connectivity index (χ3n) is 4.19. The van der Waals surface area contributed by atoms with Crippen molar-refractivity contribution in [2.24, 2.45) is 0 Å². The number of anilines is 1. The van der Waals surface area contributed by atoms with Crippen molar-refractivity contribution in [1.29, 1.82) is 0 Å². The number of hydrogen-bond donors (Lipinski definition) is 0. The number of nitrogens with zero attached hydrogens (tertiary/aromatic N) is 1. The Morgan fingerprint density at radius 1 is 1.20 bits per heavy atom. The fraction of sp³-hybridized carbons (Fsp3) is 0.533. The number of benzene rings is 1. The normalized spacial score (nSPS) is 26.2. The molecule has 0 spiro atoms. The van der Waals surface area contributed by atoms with Crippen LogP contribution in [0.15, 0.2) is 12.1 Å². The van der Waals surface area contributed by atoms with E-state index in [4.69, 9.17) is 4.74 Å². The van der Waals surface area contributed by atoms with Crippen LogP contribution >= 0.6 is 0 Å². The van der Waals surface area contributed by atoms with Gasteiger partial charge in [0.2, 0.25) is 0 Å². The monoisotopic (exact) mass is 281 g/mol. The zero-order valence-corrected chi connectivity index (χ0v) is 11.1. The molecule has 1 aliphatic carbocycles. The van der Waals surface area contributed by atoms with Crippen molar-refractivity contribution in [2.75, 3.05) is 18.1 Å². The molecule has 108 valence electrons. The molecule has 2 unspecified atom stereocenters. The van der Waals surface area contributed by atoms with Gasteiger partial charge in [-0.3, -0.25) is 4.79 Å². The van der Waals surface area contributed by atoms with Crippen LogP contribution in [-0.2, 0) is 4.74 Å². The zero-order valence-electron chi connectivity index (χ0n) is 11.1. The average molecular weight is 281 g/mol. The number of carbonyl (C=O) groups excluding carboxylic acids is 1. The van der Waals surface area contributed by atoms with Crippen LogP contribution in [0.1, 0.15) is 36.0 Å². The second-order valence-electron chi connectivity index (χ2n) is 5.41. The number of rotatable bonds is 2. The van der Waals surface area contributed by atoms with E-state index in [0.29, 0.717) is 19.4 Å². The summed E-state index contributed by atoms with van der Waals surface area (Å²) < 4.78 is 34.0. The highest BCUT2D eigenvalue weighted by molar-refractivity contribution is 5.76. The minimum atomic E-state index is -0.668. The molecule has 0 N–H and O–H groups in total. The first-order chi connectivity index (χ1) is 9.70. The van der Waals surface area contributed by atoms with E-state index in [1.54, 1.807) is 4.90 Å². The molecule has 2 fully saturated rings. The largest absolute Gasteiger partial charge is 0.374 e. The SMILES string of the molecule is O=Cc1cc(F)c(N2CCOC3CCCCC32)c(F)c1. The predicted molar refractivity (Wildman–Crippen MR) is 71.1 cm³/mol. The molecule has 0 aromatic heterocycles. The van der Waals surface area contributed by atoms with Crippen LogP contribution in [-0.4, -0.2) is 31.6 Å². The predicted octanol–water partition coefficient (Wildman–Crippen LogP) is 2.93. The van der Waals surface area contributed by atoms with Crippen LogP contribution < -0.4 is 4.90 Å². The first-order valence-corrected chi connectivity index (χ1v) is 7.03. The Morgan fingerprint density at radius 3 is 2.60 bits per heavy atom. The molecule has 1 saturated carbocycles. The number of aldehydes is 1. The Bertz CT molecular complexity index is 496. The number of carbonyl (C=O) groups is 1. The minimum Gasteiger partial charge on any atom is -0.374 e. The average Bonchev–Trinajstić information content (AvgIpc) is 2.46. The van der Waals surface area contributed by atoms with Crippen molar-refractivity contribution in [1.82, 2.24) is 0 Å². The summed E-state index contributed by atoms with van der Waals surface area (Å²) in [7, 11) is 0. The molecule has 1 saturated heterocycles. The number of hydrogen-bond acceptors (Lipinski definition) is 3. The van der Waals surface area contributed by atoms with E-state index >= 15 is 0 Å². The summed E-state index contributed by atoms with van der Waals surface area (Å²) in [6.07, 6.45) is 4.50. The van der Waals surface area contributed by atoms with E-state index in [1.807, 2.05) is 0 Å². The van der Waals surface area contributed by atoms with Gasteiger partial charge in [0.05, 0.1) is 18.8 Å². The lowest BCUT2D eigenvalue weighted by Crippen LogP contribution is -2.53. The molecule has 2 atom stereocenters. The van der Waals surface area contributed by atoms with Crippen LogP contribution in [0.25, 0.3) is 0 Å². The van der Waals surface area contributed by atoms with Crippen molar-refractivity contribution in [2.45, 2.75) is 37.8 Å². The molecular formula is C15H17F2NO2. The molecule has 2 aliphatic rings. The Balaban J connectivity index is 1.96. The van der Waals surface area contributed by atoms with Gasteiger partial charge in [-0.05, 0) is 25.0 Å². The second kappa shape index (κ2) is 5.48. The van der Waals surface area contributed by atoms with E-state index in [0.717, 1.165) is 37.8 Å². The Kier molecular flexibility index (Phi) is 3.70. The van der Waals surface area contributed by atoms with Gasteiger partial charge in [-0.2, -0.15) is 0 Å². The fourth-order valence-corrected chi connectivity index (χ4v) is 3.30. The molecule has 0 radical (unpaired) electrons. The van der Waals surface area contributed by atoms with Crippen LogP contribution in [0.2, 0.25) is 0 Å². The van der Waals surface area contributed by atoms with Crippen molar-refractivity contribution >= 4 is 12.0 Å². The van der Waals surface area contributed by atoms with Crippen molar-refractivity contribution in [3.05, 3.63) is 29.3 Å². The number of morpholine rings is 1. The summed E-state index contributed by atoms with van der Waals surface area (Å²) in [6.45, 7) is 0.963. The molecular weight excluding hydrogens is 264 g/mol. The highest BCUT2D eigenvalue weighted by Gasteiger charge is 2.36. The van der Waals surface area contributed by atoms with E-state index in [2.05, 4.69) is 0 Å². The van der Waals surface area contributed by atoms with E-state index in [1.165, 1.54) is 0 Å². The van der Waals surface area contributed by atoms with Crippen molar-refractivity contribution in [3.8, 4) is 0 Å². The Labute approximate surface area is 116 Å². The molecule has 1 aromatic rings. The zero-order chi connectivity index (χ0) is 14.1. The molecule has 0 amide bonds. The van der Waals surface area contributed by atoms with E-state index in [9.17, 15) is 13.6 Å². The molecule has 20 heavy (non-hydrogen) atoms. The lowest BCUT2D eigenvalue weighted by Gasteiger charge is -2.45. The van der Waals surface area contributed by atoms with Crippen molar-refractivity contribution < 1.29 is 18.3 Å². The molecule has 5 heteroatoms. The van der Waals surface area contributed by atoms with Gasteiger partial charge in [-0.1, -0.05) is 12.8 Å². The summed E-state index contributed by atoms with van der Waals surface area (Å²) in [4.78, 5) is 12.4. The number of fused-ring (bicyclic) bond motifs is 1. The van der Waals surface area contributed by atoms with Crippen LogP contribution in [0.4, 0.5) is 14.5 Å². The molecule has 1 aliphatic heterocycles. The summed E-state index contributed by atoms with van der Waals surface area (Å²) in [5, 5.41) is 0. The van der Waals surface area contributed by atoms with Gasteiger partial charge in [-0.25, -0.2) is 8.78 Å². The summed E-state index contributed by atoms with van der Waals surface area (Å²) in [6, 6.07) is 2.22.